The summed E-state index contributed by atoms with van der Waals surface area (Å²) < 4.78 is 0.903. The molecule has 0 saturated heterocycles. The van der Waals surface area contributed by atoms with Gasteiger partial charge in [-0.3, -0.25) is 0 Å². The molecule has 1 aromatic carbocycles. The molecule has 4 heteroatoms. The van der Waals surface area contributed by atoms with Crippen molar-refractivity contribution < 1.29 is 0 Å². The summed E-state index contributed by atoms with van der Waals surface area (Å²) in [6, 6.07) is 12.7. The highest BCUT2D eigenvalue weighted by Crippen LogP contribution is 2.38. The Morgan fingerprint density at radius 2 is 1.83 bits per heavy atom. The average molecular weight is 343 g/mol. The van der Waals surface area contributed by atoms with Gasteiger partial charge in [-0.2, -0.15) is 5.26 Å². The second-order valence-corrected chi connectivity index (χ2v) is 6.61. The summed E-state index contributed by atoms with van der Waals surface area (Å²) in [5, 5.41) is 10.5. The first-order chi connectivity index (χ1) is 11.1. The van der Waals surface area contributed by atoms with Crippen molar-refractivity contribution in [2.24, 2.45) is 0 Å². The van der Waals surface area contributed by atoms with Gasteiger partial charge in [0.25, 0.3) is 0 Å². The number of nitriles is 1. The second-order valence-electron chi connectivity index (χ2n) is 5.20. The van der Waals surface area contributed by atoms with Crippen LogP contribution in [0.25, 0.3) is 20.5 Å². The Morgan fingerprint density at radius 1 is 1.17 bits per heavy atom. The van der Waals surface area contributed by atoms with E-state index in [2.05, 4.69) is 49.2 Å². The molecule has 0 amide bonds. The highest BCUT2D eigenvalue weighted by atomic mass is 35.5. The number of fused-ring (bicyclic) bond motifs is 1. The third kappa shape index (κ3) is 3.55. The molecule has 0 saturated carbocycles. The highest BCUT2D eigenvalue weighted by Gasteiger charge is 2.12. The van der Waals surface area contributed by atoms with E-state index >= 15 is 0 Å². The third-order valence-corrected chi connectivity index (χ3v) is 5.01. The second kappa shape index (κ2) is 7.59. The number of halogens is 1. The minimum absolute atomic E-state index is 0.449. The first-order valence-electron chi connectivity index (χ1n) is 7.68. The maximum Gasteiger partial charge on any atom is 0.137 e. The molecule has 0 atom stereocenters. The van der Waals surface area contributed by atoms with Gasteiger partial charge in [-0.05, 0) is 23.1 Å². The number of nitrogens with zero attached hydrogens (tertiary/aromatic N) is 2. The predicted molar refractivity (Wildman–Crippen MR) is 100 cm³/mol. The molecule has 2 aromatic heterocycles. The fraction of sp³-hybridized carbons (Fsp3) is 0.263. The number of pyridine rings is 1. The van der Waals surface area contributed by atoms with Crippen molar-refractivity contribution in [3.8, 4) is 16.5 Å². The number of hydrogen-bond acceptors (Lipinski definition) is 3. The number of hydrogen-bond donors (Lipinski definition) is 0. The molecule has 0 aliphatic carbocycles. The van der Waals surface area contributed by atoms with Gasteiger partial charge in [0.2, 0.25) is 0 Å². The van der Waals surface area contributed by atoms with Crippen molar-refractivity contribution in [3.05, 3.63) is 52.8 Å². The average Bonchev–Trinajstić information content (AvgIpc) is 3.03. The van der Waals surface area contributed by atoms with Gasteiger partial charge in [-0.15, -0.1) is 11.3 Å². The summed E-state index contributed by atoms with van der Waals surface area (Å²) >= 11 is 7.72. The lowest BCUT2D eigenvalue weighted by Gasteiger charge is -2.05. The first-order valence-corrected chi connectivity index (χ1v) is 8.88. The Bertz CT molecular complexity index is 842. The van der Waals surface area contributed by atoms with Gasteiger partial charge in [0.1, 0.15) is 11.2 Å². The van der Waals surface area contributed by atoms with E-state index in [1.807, 2.05) is 19.9 Å². The van der Waals surface area contributed by atoms with Gasteiger partial charge in [-0.1, -0.05) is 63.6 Å². The Morgan fingerprint density at radius 3 is 2.39 bits per heavy atom. The Kier molecular flexibility index (Phi) is 5.76. The lowest BCUT2D eigenvalue weighted by atomic mass is 10.0. The quantitative estimate of drug-likeness (QED) is 0.489. The van der Waals surface area contributed by atoms with Crippen molar-refractivity contribution in [1.82, 2.24) is 4.98 Å². The first kappa shape index (κ1) is 17.5. The van der Waals surface area contributed by atoms with Crippen molar-refractivity contribution in [1.29, 1.82) is 5.26 Å². The summed E-state index contributed by atoms with van der Waals surface area (Å²) in [4.78, 5) is 5.18. The van der Waals surface area contributed by atoms with Crippen molar-refractivity contribution in [2.45, 2.75) is 33.6 Å². The molecule has 2 heterocycles. The predicted octanol–water partition coefficient (Wildman–Crippen LogP) is 6.64. The van der Waals surface area contributed by atoms with Crippen LogP contribution in [0.1, 0.15) is 44.7 Å². The van der Waals surface area contributed by atoms with Crippen LogP contribution in [0.5, 0.6) is 0 Å². The molecule has 0 bridgehead atoms. The minimum atomic E-state index is 0.449. The number of rotatable bonds is 2. The number of thiophene rings is 1. The third-order valence-electron chi connectivity index (χ3n) is 3.49. The molecule has 3 aromatic rings. The van der Waals surface area contributed by atoms with Crippen molar-refractivity contribution in [3.63, 3.8) is 0 Å². The van der Waals surface area contributed by atoms with E-state index in [1.54, 1.807) is 11.3 Å². The summed E-state index contributed by atoms with van der Waals surface area (Å²) in [5.41, 5.74) is 3.03. The largest absolute Gasteiger partial charge is 0.242 e. The minimum Gasteiger partial charge on any atom is -0.242 e. The molecule has 0 spiro atoms. The SMILES string of the molecule is CC.CC(C)c1ccc(-c2cc3c(Cl)ncc(C#N)c3s2)cc1. The van der Waals surface area contributed by atoms with E-state index < -0.39 is 0 Å². The summed E-state index contributed by atoms with van der Waals surface area (Å²) in [6.07, 6.45) is 1.53. The van der Waals surface area contributed by atoms with Crippen LogP contribution >= 0.6 is 22.9 Å². The molecule has 2 nitrogen and oxygen atoms in total. The number of aromatic nitrogens is 1. The van der Waals surface area contributed by atoms with Crippen LogP contribution in [-0.2, 0) is 0 Å². The molecule has 0 N–H and O–H groups in total. The van der Waals surface area contributed by atoms with Gasteiger partial charge in [0.05, 0.1) is 10.3 Å². The fourth-order valence-electron chi connectivity index (χ4n) is 2.25. The van der Waals surface area contributed by atoms with E-state index in [9.17, 15) is 5.26 Å². The van der Waals surface area contributed by atoms with Crippen LogP contribution in [0.4, 0.5) is 0 Å². The zero-order chi connectivity index (χ0) is 17.0. The molecule has 23 heavy (non-hydrogen) atoms. The Balaban J connectivity index is 0.000000924. The molecule has 0 aliphatic rings. The van der Waals surface area contributed by atoms with Crippen LogP contribution in [0.3, 0.4) is 0 Å². The molecular formula is C19H19ClN2S. The maximum absolute atomic E-state index is 9.18. The number of benzene rings is 1. The van der Waals surface area contributed by atoms with E-state index in [0.717, 1.165) is 20.5 Å². The van der Waals surface area contributed by atoms with Gasteiger partial charge in [0, 0.05) is 16.5 Å². The molecule has 0 aliphatic heterocycles. The van der Waals surface area contributed by atoms with E-state index in [4.69, 9.17) is 11.6 Å². The molecule has 3 rings (SSSR count). The fourth-order valence-corrected chi connectivity index (χ4v) is 3.63. The van der Waals surface area contributed by atoms with Gasteiger partial charge < -0.3 is 0 Å². The zero-order valence-electron chi connectivity index (χ0n) is 13.7. The Hall–Kier alpha value is -1.89. The van der Waals surface area contributed by atoms with Crippen LogP contribution in [0.15, 0.2) is 36.5 Å². The van der Waals surface area contributed by atoms with Gasteiger partial charge in [0.15, 0.2) is 0 Å². The van der Waals surface area contributed by atoms with Crippen molar-refractivity contribution >= 4 is 33.0 Å². The molecular weight excluding hydrogens is 324 g/mol. The molecule has 0 radical (unpaired) electrons. The Labute approximate surface area is 146 Å². The monoisotopic (exact) mass is 342 g/mol. The van der Waals surface area contributed by atoms with E-state index in [0.29, 0.717) is 16.6 Å². The lowest BCUT2D eigenvalue weighted by molar-refractivity contribution is 0.867. The van der Waals surface area contributed by atoms with Gasteiger partial charge in [-0.25, -0.2) is 4.98 Å². The lowest BCUT2D eigenvalue weighted by Crippen LogP contribution is -1.85. The topological polar surface area (TPSA) is 36.7 Å². The molecule has 0 fully saturated rings. The standard InChI is InChI=1S/C17H13ClN2S.C2H6/c1-10(2)11-3-5-12(6-4-11)15-7-14-16(21-15)13(8-19)9-20-17(14)18;1-2/h3-7,9-10H,1-2H3;1-2H3. The maximum atomic E-state index is 9.18. The van der Waals surface area contributed by atoms with Crippen LogP contribution in [-0.4, -0.2) is 4.98 Å². The summed E-state index contributed by atoms with van der Waals surface area (Å²) in [6.45, 7) is 8.36. The van der Waals surface area contributed by atoms with E-state index in [1.165, 1.54) is 11.8 Å². The normalized spacial score (nSPS) is 10.3. The zero-order valence-corrected chi connectivity index (χ0v) is 15.3. The molecule has 118 valence electrons. The smallest absolute Gasteiger partial charge is 0.137 e. The van der Waals surface area contributed by atoms with Crippen LogP contribution < -0.4 is 0 Å². The van der Waals surface area contributed by atoms with Crippen LogP contribution in [0.2, 0.25) is 5.15 Å². The van der Waals surface area contributed by atoms with Crippen molar-refractivity contribution in [2.75, 3.05) is 0 Å². The molecule has 0 unspecified atom stereocenters. The van der Waals surface area contributed by atoms with Crippen LogP contribution in [0, 0.1) is 11.3 Å². The van der Waals surface area contributed by atoms with Gasteiger partial charge >= 0.3 is 0 Å². The highest BCUT2D eigenvalue weighted by molar-refractivity contribution is 7.22. The van der Waals surface area contributed by atoms with E-state index in [-0.39, 0.29) is 0 Å². The summed E-state index contributed by atoms with van der Waals surface area (Å²) in [5.74, 6) is 0.519. The summed E-state index contributed by atoms with van der Waals surface area (Å²) in [7, 11) is 0.